The monoisotopic (exact) mass is 448 g/mol. The molecule has 0 aliphatic carbocycles. The highest BCUT2D eigenvalue weighted by Gasteiger charge is 2.25. The molecule has 9 heteroatoms. The first kappa shape index (κ1) is 21.0. The summed E-state index contributed by atoms with van der Waals surface area (Å²) in [6.07, 6.45) is 4.97. The van der Waals surface area contributed by atoms with E-state index in [0.717, 1.165) is 0 Å². The van der Waals surface area contributed by atoms with Gasteiger partial charge in [0.25, 0.3) is 5.91 Å². The van der Waals surface area contributed by atoms with Crippen molar-refractivity contribution < 1.29 is 13.6 Å². The van der Waals surface area contributed by atoms with Crippen LogP contribution in [0, 0.1) is 11.6 Å². The molecule has 1 aromatic heterocycles. The normalized spacial score (nSPS) is 15.5. The van der Waals surface area contributed by atoms with Crippen LogP contribution >= 0.6 is 0 Å². The van der Waals surface area contributed by atoms with Crippen molar-refractivity contribution in [3.8, 4) is 0 Å². The van der Waals surface area contributed by atoms with Crippen LogP contribution in [0.1, 0.15) is 21.5 Å². The van der Waals surface area contributed by atoms with Gasteiger partial charge < -0.3 is 14.7 Å². The zero-order valence-electron chi connectivity index (χ0n) is 17.9. The molecule has 0 saturated carbocycles. The Kier molecular flexibility index (Phi) is 5.68. The molecule has 3 aromatic rings. The first-order valence-electron chi connectivity index (χ1n) is 10.7. The van der Waals surface area contributed by atoms with Gasteiger partial charge in [0.2, 0.25) is 5.95 Å². The molecule has 0 unspecified atom stereocenters. The maximum absolute atomic E-state index is 14.6. The quantitative estimate of drug-likeness (QED) is 0.613. The van der Waals surface area contributed by atoms with E-state index < -0.39 is 5.82 Å². The number of nitrogens with zero attached hydrogens (tertiary/aromatic N) is 6. The van der Waals surface area contributed by atoms with Crippen LogP contribution in [0.2, 0.25) is 0 Å². The number of aliphatic imine (C=N–C) groups is 1. The molecule has 1 amide bonds. The largest absolute Gasteiger partial charge is 0.337 e. The van der Waals surface area contributed by atoms with Crippen molar-refractivity contribution in [3.05, 3.63) is 83.2 Å². The van der Waals surface area contributed by atoms with Gasteiger partial charge in [-0.05, 0) is 36.4 Å². The number of carbonyl (C=O) groups excluding carboxylic acids is 1. The predicted molar refractivity (Wildman–Crippen MR) is 121 cm³/mol. The van der Waals surface area contributed by atoms with E-state index in [-0.39, 0.29) is 24.8 Å². The molecule has 5 rings (SSSR count). The smallest absolute Gasteiger partial charge is 0.253 e. The van der Waals surface area contributed by atoms with Gasteiger partial charge in [0, 0.05) is 55.3 Å². The second-order valence-corrected chi connectivity index (χ2v) is 7.96. The average Bonchev–Trinajstić information content (AvgIpc) is 2.86. The summed E-state index contributed by atoms with van der Waals surface area (Å²) in [6.45, 7) is 2.68. The van der Waals surface area contributed by atoms with E-state index in [4.69, 9.17) is 0 Å². The van der Waals surface area contributed by atoms with Crippen molar-refractivity contribution in [1.29, 1.82) is 0 Å². The van der Waals surface area contributed by atoms with Crippen LogP contribution in [-0.4, -0.2) is 53.3 Å². The number of halogens is 2. The maximum Gasteiger partial charge on any atom is 0.253 e. The fourth-order valence-electron chi connectivity index (χ4n) is 4.15. The molecule has 0 atom stereocenters. The van der Waals surface area contributed by atoms with Gasteiger partial charge in [-0.2, -0.15) is 0 Å². The third-order valence-electron chi connectivity index (χ3n) is 5.91. The van der Waals surface area contributed by atoms with Crippen LogP contribution in [0.4, 0.5) is 20.4 Å². The minimum atomic E-state index is -0.422. The topological polar surface area (TPSA) is 64.9 Å². The molecule has 7 nitrogen and oxygen atoms in total. The lowest BCUT2D eigenvalue weighted by Crippen LogP contribution is -2.49. The minimum absolute atomic E-state index is 0.145. The number of aromatic nitrogens is 2. The zero-order valence-corrected chi connectivity index (χ0v) is 17.9. The van der Waals surface area contributed by atoms with Crippen LogP contribution in [0.3, 0.4) is 0 Å². The molecule has 3 heterocycles. The minimum Gasteiger partial charge on any atom is -0.337 e. The summed E-state index contributed by atoms with van der Waals surface area (Å²) in [6, 6.07) is 11.0. The second-order valence-electron chi connectivity index (χ2n) is 7.96. The number of anilines is 2. The first-order valence-corrected chi connectivity index (χ1v) is 10.7. The average molecular weight is 448 g/mol. The van der Waals surface area contributed by atoms with E-state index >= 15 is 0 Å². The fourth-order valence-corrected chi connectivity index (χ4v) is 4.15. The molecule has 0 bridgehead atoms. The van der Waals surface area contributed by atoms with Crippen LogP contribution in [0.5, 0.6) is 0 Å². The lowest BCUT2D eigenvalue weighted by molar-refractivity contribution is 0.0746. The Balaban J connectivity index is 1.30. The summed E-state index contributed by atoms with van der Waals surface area (Å²) in [7, 11) is 0. The van der Waals surface area contributed by atoms with Crippen molar-refractivity contribution in [2.75, 3.05) is 36.0 Å². The highest BCUT2D eigenvalue weighted by Crippen LogP contribution is 2.28. The molecule has 0 spiro atoms. The Labute approximate surface area is 190 Å². The molecule has 0 N–H and O–H groups in total. The van der Waals surface area contributed by atoms with E-state index in [1.165, 1.54) is 18.2 Å². The standard InChI is InChI=1S/C24H22F2N6O/c25-20-6-5-17(23(33)30-9-11-31(12-10-30)24-28-7-2-8-29-24)13-18(20)15-32-16-27-14-19-21(26)3-1-4-22(19)32/h1-8,13,16H,9-12,14-15H2. The van der Waals surface area contributed by atoms with Gasteiger partial charge in [-0.3, -0.25) is 9.79 Å². The predicted octanol–water partition coefficient (Wildman–Crippen LogP) is 3.27. The number of rotatable bonds is 4. The van der Waals surface area contributed by atoms with Gasteiger partial charge in [-0.15, -0.1) is 0 Å². The molecule has 2 aliphatic heterocycles. The van der Waals surface area contributed by atoms with Crippen LogP contribution in [0.25, 0.3) is 0 Å². The van der Waals surface area contributed by atoms with Crippen LogP contribution in [0.15, 0.2) is 59.9 Å². The van der Waals surface area contributed by atoms with Gasteiger partial charge in [0.15, 0.2) is 0 Å². The van der Waals surface area contributed by atoms with Crippen molar-refractivity contribution in [1.82, 2.24) is 14.9 Å². The van der Waals surface area contributed by atoms with Gasteiger partial charge in [0.1, 0.15) is 11.6 Å². The molecular formula is C24H22F2N6O. The van der Waals surface area contributed by atoms with Crippen LogP contribution < -0.4 is 9.80 Å². The number of amides is 1. The third kappa shape index (κ3) is 4.26. The van der Waals surface area contributed by atoms with Crippen molar-refractivity contribution in [3.63, 3.8) is 0 Å². The number of hydrogen-bond donors (Lipinski definition) is 0. The van der Waals surface area contributed by atoms with E-state index in [0.29, 0.717) is 54.5 Å². The van der Waals surface area contributed by atoms with Gasteiger partial charge in [-0.25, -0.2) is 18.7 Å². The van der Waals surface area contributed by atoms with Gasteiger partial charge in [-0.1, -0.05) is 6.07 Å². The highest BCUT2D eigenvalue weighted by atomic mass is 19.1. The fraction of sp³-hybridized carbons (Fsp3) is 0.250. The van der Waals surface area contributed by atoms with E-state index in [1.807, 2.05) is 4.90 Å². The van der Waals surface area contributed by atoms with Crippen molar-refractivity contribution in [2.45, 2.75) is 13.1 Å². The molecule has 2 aliphatic rings. The summed E-state index contributed by atoms with van der Waals surface area (Å²) in [4.78, 5) is 31.3. The van der Waals surface area contributed by atoms with E-state index in [1.54, 1.807) is 52.8 Å². The molecule has 1 saturated heterocycles. The summed E-state index contributed by atoms with van der Waals surface area (Å²) in [5.74, 6) is -0.259. The Bertz CT molecular complexity index is 1190. The molecule has 2 aromatic carbocycles. The molecule has 33 heavy (non-hydrogen) atoms. The molecule has 168 valence electrons. The Morgan fingerprint density at radius 3 is 2.52 bits per heavy atom. The third-order valence-corrected chi connectivity index (χ3v) is 5.91. The lowest BCUT2D eigenvalue weighted by atomic mass is 10.1. The Hall–Kier alpha value is -3.88. The highest BCUT2D eigenvalue weighted by molar-refractivity contribution is 5.94. The van der Waals surface area contributed by atoms with Gasteiger partial charge in [0.05, 0.1) is 25.1 Å². The lowest BCUT2D eigenvalue weighted by Gasteiger charge is -2.34. The maximum atomic E-state index is 14.6. The Morgan fingerprint density at radius 1 is 0.939 bits per heavy atom. The molecular weight excluding hydrogens is 426 g/mol. The first-order chi connectivity index (χ1) is 16.1. The number of carbonyl (C=O) groups is 1. The molecule has 0 radical (unpaired) electrons. The Morgan fingerprint density at radius 2 is 1.73 bits per heavy atom. The van der Waals surface area contributed by atoms with Crippen molar-refractivity contribution in [2.24, 2.45) is 4.99 Å². The second kappa shape index (κ2) is 8.93. The zero-order chi connectivity index (χ0) is 22.8. The van der Waals surface area contributed by atoms with Crippen molar-refractivity contribution >= 4 is 23.9 Å². The number of benzene rings is 2. The SMILES string of the molecule is O=C(c1ccc(F)c(CN2C=NCc3c(F)cccc32)c1)N1CCN(c2ncccn2)CC1. The number of hydrogen-bond acceptors (Lipinski definition) is 6. The van der Waals surface area contributed by atoms with Gasteiger partial charge >= 0.3 is 0 Å². The van der Waals surface area contributed by atoms with E-state index in [9.17, 15) is 13.6 Å². The number of piperazine rings is 1. The summed E-state index contributed by atoms with van der Waals surface area (Å²) in [5.41, 5.74) is 1.90. The molecule has 1 fully saturated rings. The number of fused-ring (bicyclic) bond motifs is 1. The summed E-state index contributed by atoms with van der Waals surface area (Å²) >= 11 is 0. The summed E-state index contributed by atoms with van der Waals surface area (Å²) in [5, 5.41) is 0. The summed E-state index contributed by atoms with van der Waals surface area (Å²) < 4.78 is 28.8. The van der Waals surface area contributed by atoms with E-state index in [2.05, 4.69) is 15.0 Å². The van der Waals surface area contributed by atoms with Crippen LogP contribution in [-0.2, 0) is 13.1 Å².